The minimum absolute atomic E-state index is 0.0804. The van der Waals surface area contributed by atoms with E-state index in [1.54, 1.807) is 13.2 Å². The van der Waals surface area contributed by atoms with Crippen molar-refractivity contribution in [3.63, 3.8) is 0 Å². The number of amides is 1. The molecule has 104 valence electrons. The van der Waals surface area contributed by atoms with E-state index in [1.165, 1.54) is 11.8 Å². The molecule has 1 aromatic heterocycles. The number of hydrogen-bond donors (Lipinski definition) is 2. The molecule has 1 atom stereocenters. The summed E-state index contributed by atoms with van der Waals surface area (Å²) in [5, 5.41) is 5.77. The van der Waals surface area contributed by atoms with E-state index in [0.717, 1.165) is 5.56 Å². The Bertz CT molecular complexity index is 595. The Labute approximate surface area is 118 Å². The molecule has 20 heavy (non-hydrogen) atoms. The number of nitrogens with zero attached hydrogens (tertiary/aromatic N) is 2. The van der Waals surface area contributed by atoms with Crippen LogP contribution in [0.4, 0.5) is 5.82 Å². The van der Waals surface area contributed by atoms with Gasteiger partial charge in [-0.2, -0.15) is 0 Å². The average molecular weight is 270 g/mol. The number of aromatic nitrogens is 2. The first kappa shape index (κ1) is 14.0. The molecule has 1 unspecified atom stereocenters. The summed E-state index contributed by atoms with van der Waals surface area (Å²) in [7, 11) is 1.74. The third kappa shape index (κ3) is 3.32. The number of anilines is 1. The molecule has 0 saturated carbocycles. The molecule has 1 amide bonds. The molecule has 0 spiro atoms. The lowest BCUT2D eigenvalue weighted by atomic mass is 10.1. The zero-order valence-electron chi connectivity index (χ0n) is 11.8. The van der Waals surface area contributed by atoms with Gasteiger partial charge in [-0.25, -0.2) is 4.98 Å². The van der Waals surface area contributed by atoms with E-state index in [2.05, 4.69) is 20.6 Å². The fourth-order valence-electron chi connectivity index (χ4n) is 1.80. The van der Waals surface area contributed by atoms with Crippen molar-refractivity contribution in [2.45, 2.75) is 19.9 Å². The first-order chi connectivity index (χ1) is 9.60. The van der Waals surface area contributed by atoms with Crippen molar-refractivity contribution in [3.8, 4) is 0 Å². The van der Waals surface area contributed by atoms with Gasteiger partial charge in [-0.05, 0) is 19.4 Å². The Balaban J connectivity index is 2.08. The molecule has 1 aromatic carbocycles. The number of benzene rings is 1. The number of carbonyl (C=O) groups is 1. The summed E-state index contributed by atoms with van der Waals surface area (Å²) in [6, 6.07) is 7.99. The third-order valence-electron chi connectivity index (χ3n) is 3.05. The maximum absolute atomic E-state index is 12.1. The van der Waals surface area contributed by atoms with Gasteiger partial charge in [-0.15, -0.1) is 0 Å². The Kier molecular flexibility index (Phi) is 4.30. The number of nitrogens with one attached hydrogen (secondary N) is 2. The van der Waals surface area contributed by atoms with Gasteiger partial charge < -0.3 is 10.6 Å². The summed E-state index contributed by atoms with van der Waals surface area (Å²) in [4.78, 5) is 20.3. The van der Waals surface area contributed by atoms with Crippen molar-refractivity contribution in [1.82, 2.24) is 15.3 Å². The molecule has 0 saturated heterocycles. The summed E-state index contributed by atoms with van der Waals surface area (Å²) >= 11 is 0. The highest BCUT2D eigenvalue weighted by Gasteiger charge is 2.13. The van der Waals surface area contributed by atoms with Gasteiger partial charge in [-0.1, -0.05) is 29.8 Å². The lowest BCUT2D eigenvalue weighted by molar-refractivity contribution is 0.0934. The minimum Gasteiger partial charge on any atom is -0.372 e. The van der Waals surface area contributed by atoms with Gasteiger partial charge in [-0.3, -0.25) is 9.78 Å². The SMILES string of the molecule is CNc1cncc(C(=O)NC(C)c2ccc(C)cc2)n1. The number of carbonyl (C=O) groups excluding carboxylic acids is 1. The smallest absolute Gasteiger partial charge is 0.272 e. The summed E-state index contributed by atoms with van der Waals surface area (Å²) < 4.78 is 0. The van der Waals surface area contributed by atoms with Gasteiger partial charge >= 0.3 is 0 Å². The van der Waals surface area contributed by atoms with Crippen molar-refractivity contribution in [3.05, 3.63) is 53.5 Å². The van der Waals surface area contributed by atoms with Crippen LogP contribution in [0.3, 0.4) is 0 Å². The van der Waals surface area contributed by atoms with E-state index >= 15 is 0 Å². The lowest BCUT2D eigenvalue weighted by Gasteiger charge is -2.14. The van der Waals surface area contributed by atoms with Crippen LogP contribution in [0.5, 0.6) is 0 Å². The Morgan fingerprint density at radius 1 is 1.20 bits per heavy atom. The van der Waals surface area contributed by atoms with Crippen LogP contribution in [0.15, 0.2) is 36.7 Å². The standard InChI is InChI=1S/C15H18N4O/c1-10-4-6-12(7-5-10)11(2)18-15(20)13-8-17-9-14(16-3)19-13/h4-9,11H,1-3H3,(H,16,19)(H,18,20). The second-order valence-corrected chi connectivity index (χ2v) is 4.65. The molecular formula is C15H18N4O. The second-order valence-electron chi connectivity index (χ2n) is 4.65. The van der Waals surface area contributed by atoms with E-state index in [4.69, 9.17) is 0 Å². The van der Waals surface area contributed by atoms with E-state index in [0.29, 0.717) is 11.5 Å². The van der Waals surface area contributed by atoms with Crippen molar-refractivity contribution in [1.29, 1.82) is 0 Å². The monoisotopic (exact) mass is 270 g/mol. The Morgan fingerprint density at radius 2 is 1.90 bits per heavy atom. The summed E-state index contributed by atoms with van der Waals surface area (Å²) in [6.45, 7) is 3.98. The molecular weight excluding hydrogens is 252 g/mol. The van der Waals surface area contributed by atoms with Crippen LogP contribution in [0.25, 0.3) is 0 Å². The average Bonchev–Trinajstić information content (AvgIpc) is 2.47. The molecule has 1 heterocycles. The highest BCUT2D eigenvalue weighted by atomic mass is 16.1. The van der Waals surface area contributed by atoms with Gasteiger partial charge in [0.05, 0.1) is 18.4 Å². The van der Waals surface area contributed by atoms with Crippen molar-refractivity contribution in [2.75, 3.05) is 12.4 Å². The molecule has 0 aliphatic carbocycles. The maximum atomic E-state index is 12.1. The summed E-state index contributed by atoms with van der Waals surface area (Å²) in [5.41, 5.74) is 2.55. The van der Waals surface area contributed by atoms with Crippen LogP contribution in [0, 0.1) is 6.92 Å². The predicted octanol–water partition coefficient (Wildman–Crippen LogP) is 2.32. The molecule has 0 aliphatic heterocycles. The maximum Gasteiger partial charge on any atom is 0.272 e. The Hall–Kier alpha value is -2.43. The highest BCUT2D eigenvalue weighted by molar-refractivity contribution is 5.92. The van der Waals surface area contributed by atoms with Crippen LogP contribution in [0.1, 0.15) is 34.6 Å². The van der Waals surface area contributed by atoms with Crippen LogP contribution in [-0.2, 0) is 0 Å². The van der Waals surface area contributed by atoms with Crippen LogP contribution in [-0.4, -0.2) is 22.9 Å². The third-order valence-corrected chi connectivity index (χ3v) is 3.05. The van der Waals surface area contributed by atoms with Gasteiger partial charge in [0.1, 0.15) is 11.5 Å². The quantitative estimate of drug-likeness (QED) is 0.894. The van der Waals surface area contributed by atoms with Gasteiger partial charge in [0.25, 0.3) is 5.91 Å². The van der Waals surface area contributed by atoms with E-state index in [9.17, 15) is 4.79 Å². The zero-order chi connectivity index (χ0) is 14.5. The van der Waals surface area contributed by atoms with Gasteiger partial charge in [0, 0.05) is 7.05 Å². The lowest BCUT2D eigenvalue weighted by Crippen LogP contribution is -2.27. The van der Waals surface area contributed by atoms with Crippen LogP contribution in [0.2, 0.25) is 0 Å². The van der Waals surface area contributed by atoms with Crippen LogP contribution >= 0.6 is 0 Å². The normalized spacial score (nSPS) is 11.8. The molecule has 5 nitrogen and oxygen atoms in total. The van der Waals surface area contributed by atoms with Gasteiger partial charge in [0.15, 0.2) is 0 Å². The first-order valence-corrected chi connectivity index (χ1v) is 6.47. The van der Waals surface area contributed by atoms with E-state index in [1.807, 2.05) is 38.1 Å². The molecule has 5 heteroatoms. The minimum atomic E-state index is -0.234. The molecule has 2 N–H and O–H groups in total. The second kappa shape index (κ2) is 6.14. The summed E-state index contributed by atoms with van der Waals surface area (Å²) in [5.74, 6) is 0.336. The molecule has 2 aromatic rings. The van der Waals surface area contributed by atoms with Crippen molar-refractivity contribution in [2.24, 2.45) is 0 Å². The van der Waals surface area contributed by atoms with E-state index < -0.39 is 0 Å². The summed E-state index contributed by atoms with van der Waals surface area (Å²) in [6.07, 6.45) is 3.03. The fourth-order valence-corrected chi connectivity index (χ4v) is 1.80. The highest BCUT2D eigenvalue weighted by Crippen LogP contribution is 2.13. The number of rotatable bonds is 4. The first-order valence-electron chi connectivity index (χ1n) is 6.47. The zero-order valence-corrected chi connectivity index (χ0v) is 11.8. The Morgan fingerprint density at radius 3 is 2.55 bits per heavy atom. The molecule has 0 aliphatic rings. The number of aryl methyl sites for hydroxylation is 1. The van der Waals surface area contributed by atoms with Crippen LogP contribution < -0.4 is 10.6 Å². The van der Waals surface area contributed by atoms with Gasteiger partial charge in [0.2, 0.25) is 0 Å². The molecule has 0 radical (unpaired) electrons. The topological polar surface area (TPSA) is 66.9 Å². The molecule has 0 fully saturated rings. The van der Waals surface area contributed by atoms with Crippen molar-refractivity contribution >= 4 is 11.7 Å². The van der Waals surface area contributed by atoms with Crippen molar-refractivity contribution < 1.29 is 4.79 Å². The fraction of sp³-hybridized carbons (Fsp3) is 0.267. The predicted molar refractivity (Wildman–Crippen MR) is 78.6 cm³/mol. The van der Waals surface area contributed by atoms with E-state index in [-0.39, 0.29) is 11.9 Å². The molecule has 0 bridgehead atoms. The largest absolute Gasteiger partial charge is 0.372 e. The number of hydrogen-bond acceptors (Lipinski definition) is 4. The molecule has 2 rings (SSSR count).